The van der Waals surface area contributed by atoms with Crippen molar-refractivity contribution in [1.29, 1.82) is 0 Å². The van der Waals surface area contributed by atoms with Gasteiger partial charge in [-0.1, -0.05) is 224 Å². The Balaban J connectivity index is 0.983. The summed E-state index contributed by atoms with van der Waals surface area (Å²) in [4.78, 5) is 15.2. The molecule has 1 saturated carbocycles. The van der Waals surface area contributed by atoms with Gasteiger partial charge in [0.2, 0.25) is 0 Å². The van der Waals surface area contributed by atoms with Crippen molar-refractivity contribution in [2.24, 2.45) is 11.8 Å². The fourth-order valence-corrected chi connectivity index (χ4v) is 9.70. The zero-order valence-electron chi connectivity index (χ0n) is 36.9. The van der Waals surface area contributed by atoms with E-state index in [1.807, 2.05) is 18.2 Å². The van der Waals surface area contributed by atoms with Crippen molar-refractivity contribution in [1.82, 2.24) is 15.0 Å². The molecule has 0 aliphatic heterocycles. The SMILES string of the molecule is C1=CC2CC2C=C1c1nc(-c2ccccc2)nc(-c2cccc(-c3cccc(-c4cccc(-c5cc(-c6ccccc6)c(-c6ccccc6)c(-c6ccccc6)c5-c5ccccc5)c4)c3)c2)n1. The molecule has 0 radical (unpaired) electrons. The molecule has 0 bridgehead atoms. The van der Waals surface area contributed by atoms with E-state index in [0.29, 0.717) is 23.5 Å². The van der Waals surface area contributed by atoms with E-state index >= 15 is 0 Å². The van der Waals surface area contributed by atoms with Crippen LogP contribution in [-0.2, 0) is 0 Å². The van der Waals surface area contributed by atoms with Crippen molar-refractivity contribution < 1.29 is 0 Å². The highest BCUT2D eigenvalue weighted by Gasteiger charge is 2.35. The van der Waals surface area contributed by atoms with Gasteiger partial charge in [0, 0.05) is 16.7 Å². The van der Waals surface area contributed by atoms with Crippen LogP contribution < -0.4 is 0 Å². The number of nitrogens with zero attached hydrogens (tertiary/aromatic N) is 3. The molecule has 67 heavy (non-hydrogen) atoms. The van der Waals surface area contributed by atoms with Crippen LogP contribution in [0.2, 0.25) is 0 Å². The third-order valence-corrected chi connectivity index (χ3v) is 13.2. The highest BCUT2D eigenvalue weighted by atomic mass is 15.0. The van der Waals surface area contributed by atoms with Crippen molar-refractivity contribution in [3.63, 3.8) is 0 Å². The van der Waals surface area contributed by atoms with Gasteiger partial charge in [0.25, 0.3) is 0 Å². The molecule has 2 aliphatic rings. The molecule has 2 unspecified atom stereocenters. The Labute approximate surface area is 392 Å². The van der Waals surface area contributed by atoms with Crippen LogP contribution in [-0.4, -0.2) is 15.0 Å². The van der Waals surface area contributed by atoms with Gasteiger partial charge in [-0.05, 0) is 120 Å². The molecule has 10 aromatic rings. The fraction of sp³-hybridized carbons (Fsp3) is 0.0469. The summed E-state index contributed by atoms with van der Waals surface area (Å²) >= 11 is 0. The maximum absolute atomic E-state index is 5.10. The van der Waals surface area contributed by atoms with E-state index in [9.17, 15) is 0 Å². The molecular weight excluding hydrogens is 811 g/mol. The van der Waals surface area contributed by atoms with E-state index < -0.39 is 0 Å². The number of hydrogen-bond donors (Lipinski definition) is 0. The lowest BCUT2D eigenvalue weighted by atomic mass is 9.78. The van der Waals surface area contributed by atoms with Crippen molar-refractivity contribution >= 4 is 5.57 Å². The third kappa shape index (κ3) is 8.02. The Morgan fingerprint density at radius 3 is 1.18 bits per heavy atom. The van der Waals surface area contributed by atoms with E-state index in [0.717, 1.165) is 50.3 Å². The summed E-state index contributed by atoms with van der Waals surface area (Å²) in [5.74, 6) is 3.30. The van der Waals surface area contributed by atoms with Gasteiger partial charge in [-0.3, -0.25) is 0 Å². The summed E-state index contributed by atoms with van der Waals surface area (Å²) in [5, 5.41) is 0. The quantitative estimate of drug-likeness (QED) is 0.138. The first-order valence-electron chi connectivity index (χ1n) is 23.2. The van der Waals surface area contributed by atoms with E-state index in [1.165, 1.54) is 56.5 Å². The van der Waals surface area contributed by atoms with Gasteiger partial charge in [0.1, 0.15) is 0 Å². The molecule has 0 amide bonds. The lowest BCUT2D eigenvalue weighted by Crippen LogP contribution is -2.03. The van der Waals surface area contributed by atoms with Gasteiger partial charge in [-0.2, -0.15) is 0 Å². The average Bonchev–Trinajstić information content (AvgIpc) is 4.21. The maximum Gasteiger partial charge on any atom is 0.164 e. The zero-order chi connectivity index (χ0) is 44.5. The van der Waals surface area contributed by atoms with Crippen molar-refractivity contribution in [2.75, 3.05) is 0 Å². The highest BCUT2D eigenvalue weighted by Crippen LogP contribution is 2.51. The first kappa shape index (κ1) is 40.0. The topological polar surface area (TPSA) is 38.7 Å². The molecule has 12 rings (SSSR count). The van der Waals surface area contributed by atoms with Crippen LogP contribution in [0.15, 0.2) is 249 Å². The van der Waals surface area contributed by atoms with Gasteiger partial charge in [0.05, 0.1) is 0 Å². The molecule has 0 N–H and O–H groups in total. The average molecular weight is 856 g/mol. The Morgan fingerprint density at radius 1 is 0.284 bits per heavy atom. The van der Waals surface area contributed by atoms with Gasteiger partial charge < -0.3 is 0 Å². The fourth-order valence-electron chi connectivity index (χ4n) is 9.70. The lowest BCUT2D eigenvalue weighted by molar-refractivity contribution is 0.970. The highest BCUT2D eigenvalue weighted by molar-refractivity contribution is 6.07. The maximum atomic E-state index is 5.10. The van der Waals surface area contributed by atoms with Crippen LogP contribution in [0, 0.1) is 11.8 Å². The van der Waals surface area contributed by atoms with Crippen molar-refractivity contribution in [3.05, 3.63) is 255 Å². The molecule has 1 aromatic heterocycles. The molecule has 0 saturated heterocycles. The van der Waals surface area contributed by atoms with E-state index in [4.69, 9.17) is 15.0 Å². The Morgan fingerprint density at radius 2 is 0.657 bits per heavy atom. The van der Waals surface area contributed by atoms with Crippen LogP contribution in [0.3, 0.4) is 0 Å². The summed E-state index contributed by atoms with van der Waals surface area (Å²) in [6.45, 7) is 0. The van der Waals surface area contributed by atoms with Gasteiger partial charge in [-0.15, -0.1) is 0 Å². The molecule has 1 heterocycles. The standard InChI is InChI=1S/C64H45N3/c1-6-19-43(20-7-1)57-42-58(60(45-23-10-3-11-24-45)61(46-25-12-4-13-26-46)59(57)44-21-8-2-9-22-44)53-33-17-31-50(38-53)48-29-16-30-49(37-48)51-32-18-34-54(39-51)63-65-62(47-27-14-5-15-28-47)66-64(67-63)55-36-35-52-40-56(52)41-55/h1-39,41-42,52,56H,40H2. The summed E-state index contributed by atoms with van der Waals surface area (Å²) in [7, 11) is 0. The van der Waals surface area contributed by atoms with Crippen molar-refractivity contribution in [2.45, 2.75) is 6.42 Å². The first-order valence-corrected chi connectivity index (χ1v) is 23.2. The monoisotopic (exact) mass is 855 g/mol. The lowest BCUT2D eigenvalue weighted by Gasteiger charge is -2.24. The number of allylic oxidation sites excluding steroid dienone is 4. The largest absolute Gasteiger partial charge is 0.208 e. The molecule has 3 nitrogen and oxygen atoms in total. The van der Waals surface area contributed by atoms with Crippen LogP contribution in [0.5, 0.6) is 0 Å². The second-order valence-electron chi connectivity index (χ2n) is 17.5. The van der Waals surface area contributed by atoms with Crippen molar-refractivity contribution in [3.8, 4) is 101 Å². The number of fused-ring (bicyclic) bond motifs is 1. The van der Waals surface area contributed by atoms with Crippen LogP contribution in [0.25, 0.3) is 106 Å². The number of benzene rings is 9. The van der Waals surface area contributed by atoms with Crippen LogP contribution in [0.4, 0.5) is 0 Å². The predicted octanol–water partition coefficient (Wildman–Crippen LogP) is 16.5. The van der Waals surface area contributed by atoms with Crippen LogP contribution >= 0.6 is 0 Å². The Hall–Kier alpha value is -8.53. The molecule has 3 heteroatoms. The number of hydrogen-bond acceptors (Lipinski definition) is 3. The second-order valence-corrected chi connectivity index (χ2v) is 17.5. The molecule has 2 atom stereocenters. The zero-order valence-corrected chi connectivity index (χ0v) is 36.9. The van der Waals surface area contributed by atoms with E-state index in [2.05, 4.69) is 231 Å². The first-order chi connectivity index (χ1) is 33.2. The normalized spacial score (nSPS) is 14.8. The van der Waals surface area contributed by atoms with E-state index in [-0.39, 0.29) is 0 Å². The van der Waals surface area contributed by atoms with Gasteiger partial charge >= 0.3 is 0 Å². The second kappa shape index (κ2) is 17.5. The Bertz CT molecular complexity index is 3470. The molecule has 316 valence electrons. The summed E-state index contributed by atoms with van der Waals surface area (Å²) in [6, 6.07) is 82.6. The minimum absolute atomic E-state index is 0.585. The predicted molar refractivity (Wildman–Crippen MR) is 277 cm³/mol. The summed E-state index contributed by atoms with van der Waals surface area (Å²) in [5.41, 5.74) is 19.4. The molecular formula is C64H45N3. The van der Waals surface area contributed by atoms with E-state index in [1.54, 1.807) is 0 Å². The van der Waals surface area contributed by atoms with Gasteiger partial charge in [0.15, 0.2) is 17.5 Å². The molecule has 9 aromatic carbocycles. The minimum Gasteiger partial charge on any atom is -0.208 e. The Kier molecular flexibility index (Phi) is 10.4. The molecule has 1 fully saturated rings. The van der Waals surface area contributed by atoms with Gasteiger partial charge in [-0.25, -0.2) is 15.0 Å². The number of aromatic nitrogens is 3. The van der Waals surface area contributed by atoms with Crippen LogP contribution in [0.1, 0.15) is 12.2 Å². The summed E-state index contributed by atoms with van der Waals surface area (Å²) in [6.07, 6.45) is 8.03. The number of rotatable bonds is 10. The summed E-state index contributed by atoms with van der Waals surface area (Å²) < 4.78 is 0. The minimum atomic E-state index is 0.585. The third-order valence-electron chi connectivity index (χ3n) is 13.2. The molecule has 2 aliphatic carbocycles. The molecule has 0 spiro atoms. The smallest absolute Gasteiger partial charge is 0.164 e.